The lowest BCUT2D eigenvalue weighted by Gasteiger charge is -2.40. The van der Waals surface area contributed by atoms with Crippen LogP contribution >= 0.6 is 0 Å². The van der Waals surface area contributed by atoms with E-state index in [4.69, 9.17) is 14.7 Å². The standard InChI is InChI=1S/C9H17BN2O4/c1-8(2,13)9(3,16-10(14)15)4-7-5-11-12-6-7/h5-6,13-15H,4H2,1-3H3,(H,11,12). The number of aliphatic hydroxyl groups is 1. The Balaban J connectivity index is 2.87. The molecule has 0 radical (unpaired) electrons. The summed E-state index contributed by atoms with van der Waals surface area (Å²) in [4.78, 5) is 0. The van der Waals surface area contributed by atoms with Gasteiger partial charge in [-0.15, -0.1) is 0 Å². The van der Waals surface area contributed by atoms with Crippen molar-refractivity contribution in [3.8, 4) is 0 Å². The van der Waals surface area contributed by atoms with Gasteiger partial charge in [-0.3, -0.25) is 5.10 Å². The Morgan fingerprint density at radius 1 is 1.44 bits per heavy atom. The molecule has 0 aromatic carbocycles. The zero-order valence-electron chi connectivity index (χ0n) is 9.64. The first-order chi connectivity index (χ1) is 7.24. The predicted octanol–water partition coefficient (Wildman–Crippen LogP) is -0.532. The van der Waals surface area contributed by atoms with Crippen LogP contribution in [0.5, 0.6) is 0 Å². The van der Waals surface area contributed by atoms with Gasteiger partial charge in [0, 0.05) is 12.6 Å². The third-order valence-corrected chi connectivity index (χ3v) is 2.76. The van der Waals surface area contributed by atoms with Crippen molar-refractivity contribution in [1.29, 1.82) is 0 Å². The molecule has 6 nitrogen and oxygen atoms in total. The van der Waals surface area contributed by atoms with E-state index >= 15 is 0 Å². The number of H-pyrrole nitrogens is 1. The maximum absolute atomic E-state index is 10.0. The van der Waals surface area contributed by atoms with Crippen LogP contribution in [0.25, 0.3) is 0 Å². The first-order valence-electron chi connectivity index (χ1n) is 4.98. The molecule has 7 heteroatoms. The van der Waals surface area contributed by atoms with Gasteiger partial charge in [-0.2, -0.15) is 5.10 Å². The van der Waals surface area contributed by atoms with Gasteiger partial charge in [0.15, 0.2) is 0 Å². The van der Waals surface area contributed by atoms with E-state index in [1.807, 2.05) is 0 Å². The zero-order chi connectivity index (χ0) is 12.4. The molecule has 1 aromatic rings. The molecule has 16 heavy (non-hydrogen) atoms. The van der Waals surface area contributed by atoms with Crippen molar-refractivity contribution in [1.82, 2.24) is 10.2 Å². The van der Waals surface area contributed by atoms with Crippen molar-refractivity contribution < 1.29 is 19.8 Å². The van der Waals surface area contributed by atoms with E-state index in [0.29, 0.717) is 6.42 Å². The van der Waals surface area contributed by atoms with Crippen molar-refractivity contribution in [3.63, 3.8) is 0 Å². The van der Waals surface area contributed by atoms with E-state index in [2.05, 4.69) is 10.2 Å². The van der Waals surface area contributed by atoms with Crippen molar-refractivity contribution >= 4 is 7.32 Å². The predicted molar refractivity (Wildman–Crippen MR) is 58.3 cm³/mol. The fourth-order valence-corrected chi connectivity index (χ4v) is 1.40. The van der Waals surface area contributed by atoms with Gasteiger partial charge in [0.1, 0.15) is 0 Å². The Kier molecular flexibility index (Phi) is 3.74. The summed E-state index contributed by atoms with van der Waals surface area (Å²) in [5.74, 6) is 0. The fraction of sp³-hybridized carbons (Fsp3) is 0.667. The van der Waals surface area contributed by atoms with Gasteiger partial charge in [-0.05, 0) is 26.3 Å². The van der Waals surface area contributed by atoms with Crippen LogP contribution in [0.1, 0.15) is 26.3 Å². The molecule has 0 aliphatic heterocycles. The molecule has 1 rings (SSSR count). The van der Waals surface area contributed by atoms with Crippen molar-refractivity contribution in [2.24, 2.45) is 0 Å². The summed E-state index contributed by atoms with van der Waals surface area (Å²) in [6.45, 7) is 4.71. The topological polar surface area (TPSA) is 98.6 Å². The van der Waals surface area contributed by atoms with E-state index in [0.717, 1.165) is 5.56 Å². The highest BCUT2D eigenvalue weighted by Crippen LogP contribution is 2.29. The average molecular weight is 228 g/mol. The van der Waals surface area contributed by atoms with Crippen molar-refractivity contribution in [3.05, 3.63) is 18.0 Å². The highest BCUT2D eigenvalue weighted by atomic mass is 16.6. The first-order valence-corrected chi connectivity index (χ1v) is 4.98. The van der Waals surface area contributed by atoms with Gasteiger partial charge in [-0.25, -0.2) is 0 Å². The molecule has 0 spiro atoms. The smallest absolute Gasteiger partial charge is 0.402 e. The highest BCUT2D eigenvalue weighted by Gasteiger charge is 2.43. The molecule has 0 saturated carbocycles. The van der Waals surface area contributed by atoms with E-state index in [1.54, 1.807) is 33.2 Å². The first kappa shape index (κ1) is 13.2. The van der Waals surface area contributed by atoms with Crippen molar-refractivity contribution in [2.75, 3.05) is 0 Å². The molecule has 0 saturated heterocycles. The van der Waals surface area contributed by atoms with Gasteiger partial charge in [-0.1, -0.05) is 0 Å². The van der Waals surface area contributed by atoms with E-state index in [1.165, 1.54) is 0 Å². The second-order valence-electron chi connectivity index (χ2n) is 4.52. The van der Waals surface area contributed by atoms with Gasteiger partial charge >= 0.3 is 7.32 Å². The van der Waals surface area contributed by atoms with Crippen LogP contribution in [0, 0.1) is 0 Å². The normalized spacial score (nSPS) is 15.9. The van der Waals surface area contributed by atoms with Gasteiger partial charge in [0.05, 0.1) is 17.4 Å². The van der Waals surface area contributed by atoms with Crippen LogP contribution in [0.3, 0.4) is 0 Å². The number of hydrogen-bond donors (Lipinski definition) is 4. The summed E-state index contributed by atoms with van der Waals surface area (Å²) >= 11 is 0. The second kappa shape index (κ2) is 4.54. The SMILES string of the molecule is CC(C)(O)C(C)(Cc1cn[nH]c1)OB(O)O. The van der Waals surface area contributed by atoms with E-state index < -0.39 is 18.5 Å². The maximum atomic E-state index is 10.0. The van der Waals surface area contributed by atoms with E-state index in [9.17, 15) is 5.11 Å². The Hall–Kier alpha value is -0.885. The van der Waals surface area contributed by atoms with Gasteiger partial charge in [0.2, 0.25) is 0 Å². The Labute approximate surface area is 94.4 Å². The molecule has 0 amide bonds. The molecule has 90 valence electrons. The third kappa shape index (κ3) is 3.05. The number of aromatic nitrogens is 2. The maximum Gasteiger partial charge on any atom is 0.634 e. The minimum atomic E-state index is -1.93. The molecule has 0 fully saturated rings. The quantitative estimate of drug-likeness (QED) is 0.507. The Morgan fingerprint density at radius 2 is 2.06 bits per heavy atom. The summed E-state index contributed by atoms with van der Waals surface area (Å²) in [6, 6.07) is 0. The monoisotopic (exact) mass is 228 g/mol. The minimum Gasteiger partial charge on any atom is -0.402 e. The lowest BCUT2D eigenvalue weighted by atomic mass is 9.81. The molecule has 0 bridgehead atoms. The summed E-state index contributed by atoms with van der Waals surface area (Å²) in [7, 11) is -1.93. The molecule has 1 aromatic heterocycles. The van der Waals surface area contributed by atoms with Gasteiger partial charge < -0.3 is 19.8 Å². The molecular weight excluding hydrogens is 211 g/mol. The number of hydrogen-bond acceptors (Lipinski definition) is 5. The minimum absolute atomic E-state index is 0.310. The van der Waals surface area contributed by atoms with Crippen LogP contribution in [0.15, 0.2) is 12.4 Å². The van der Waals surface area contributed by atoms with Crippen LogP contribution in [0.2, 0.25) is 0 Å². The molecule has 4 N–H and O–H groups in total. The zero-order valence-corrected chi connectivity index (χ0v) is 9.64. The second-order valence-corrected chi connectivity index (χ2v) is 4.52. The molecule has 1 heterocycles. The molecule has 0 aliphatic carbocycles. The number of nitrogens with one attached hydrogen (secondary N) is 1. The largest absolute Gasteiger partial charge is 0.634 e. The summed E-state index contributed by atoms with van der Waals surface area (Å²) in [5.41, 5.74) is -1.54. The lowest BCUT2D eigenvalue weighted by Crippen LogP contribution is -2.54. The van der Waals surface area contributed by atoms with Crippen LogP contribution in [-0.4, -0.2) is 43.9 Å². The van der Waals surface area contributed by atoms with E-state index in [-0.39, 0.29) is 0 Å². The summed E-state index contributed by atoms with van der Waals surface area (Å²) < 4.78 is 5.00. The van der Waals surface area contributed by atoms with Crippen LogP contribution in [0.4, 0.5) is 0 Å². The Bertz CT molecular complexity index is 323. The summed E-state index contributed by atoms with van der Waals surface area (Å²) in [5, 5.41) is 34.2. The molecule has 0 aliphatic rings. The van der Waals surface area contributed by atoms with Crippen LogP contribution in [-0.2, 0) is 11.1 Å². The summed E-state index contributed by atoms with van der Waals surface area (Å²) in [6.07, 6.45) is 3.57. The molecule has 1 unspecified atom stereocenters. The molecule has 1 atom stereocenters. The average Bonchev–Trinajstić information content (AvgIpc) is 2.52. The fourth-order valence-electron chi connectivity index (χ4n) is 1.40. The van der Waals surface area contributed by atoms with Crippen molar-refractivity contribution in [2.45, 2.75) is 38.4 Å². The Morgan fingerprint density at radius 3 is 2.44 bits per heavy atom. The highest BCUT2D eigenvalue weighted by molar-refractivity contribution is 6.32. The lowest BCUT2D eigenvalue weighted by molar-refractivity contribution is -0.119. The van der Waals surface area contributed by atoms with Crippen LogP contribution < -0.4 is 0 Å². The number of nitrogens with zero attached hydrogens (tertiary/aromatic N) is 1. The molecular formula is C9H17BN2O4. The van der Waals surface area contributed by atoms with Gasteiger partial charge in [0.25, 0.3) is 0 Å². The number of rotatable bonds is 5. The third-order valence-electron chi connectivity index (χ3n) is 2.76. The number of aromatic amines is 1.